The average molecular weight is 223 g/mol. The van der Waals surface area contributed by atoms with Crippen molar-refractivity contribution in [1.82, 2.24) is 0 Å². The normalized spacial score (nSPS) is 12.8. The van der Waals surface area contributed by atoms with E-state index in [1.807, 2.05) is 36.4 Å². The molecule has 0 amide bonds. The molecule has 0 unspecified atom stereocenters. The molecule has 0 aliphatic rings. The molecule has 0 aliphatic heterocycles. The quantitative estimate of drug-likeness (QED) is 0.779. The van der Waals surface area contributed by atoms with Gasteiger partial charge in [0.05, 0.1) is 0 Å². The monoisotopic (exact) mass is 223 g/mol. The topological polar surface area (TPSA) is 26.0 Å². The Balaban J connectivity index is 2.12. The van der Waals surface area contributed by atoms with Crippen LogP contribution in [0.3, 0.4) is 0 Å². The number of allylic oxidation sites excluding steroid dienone is 1. The summed E-state index contributed by atoms with van der Waals surface area (Å²) in [7, 11) is 0. The first-order chi connectivity index (χ1) is 8.25. The first-order valence-corrected chi connectivity index (χ1v) is 5.84. The van der Waals surface area contributed by atoms with E-state index in [-0.39, 0.29) is 0 Å². The molecule has 0 aromatic heterocycles. The van der Waals surface area contributed by atoms with Gasteiger partial charge in [0.25, 0.3) is 0 Å². The summed E-state index contributed by atoms with van der Waals surface area (Å²) in [5, 5.41) is 0. The van der Waals surface area contributed by atoms with Gasteiger partial charge in [-0.25, -0.2) is 0 Å². The van der Waals surface area contributed by atoms with Gasteiger partial charge in [0.15, 0.2) is 0 Å². The molecule has 2 N–H and O–H groups in total. The van der Waals surface area contributed by atoms with Gasteiger partial charge in [-0.2, -0.15) is 0 Å². The van der Waals surface area contributed by atoms with Crippen molar-refractivity contribution in [3.05, 3.63) is 71.8 Å². The molecule has 1 atom stereocenters. The fourth-order valence-electron chi connectivity index (χ4n) is 1.77. The number of anilines is 1. The zero-order chi connectivity index (χ0) is 12.1. The summed E-state index contributed by atoms with van der Waals surface area (Å²) in [6.07, 6.45) is 4.35. The van der Waals surface area contributed by atoms with Crippen LogP contribution in [0.2, 0.25) is 0 Å². The second-order valence-corrected chi connectivity index (χ2v) is 4.23. The molecular formula is C16H17N. The lowest BCUT2D eigenvalue weighted by molar-refractivity contribution is 0.974. The predicted molar refractivity (Wildman–Crippen MR) is 74.7 cm³/mol. The molecule has 2 rings (SSSR count). The van der Waals surface area contributed by atoms with Crippen molar-refractivity contribution >= 4 is 11.8 Å². The van der Waals surface area contributed by atoms with E-state index in [1.165, 1.54) is 11.1 Å². The van der Waals surface area contributed by atoms with Crippen molar-refractivity contribution in [2.75, 3.05) is 5.73 Å². The minimum Gasteiger partial charge on any atom is -0.399 e. The second kappa shape index (κ2) is 5.35. The molecule has 0 bridgehead atoms. The lowest BCUT2D eigenvalue weighted by Gasteiger charge is -2.07. The molecule has 0 aliphatic carbocycles. The summed E-state index contributed by atoms with van der Waals surface area (Å²) >= 11 is 0. The van der Waals surface area contributed by atoms with Gasteiger partial charge in [0.1, 0.15) is 0 Å². The Morgan fingerprint density at radius 2 is 1.76 bits per heavy atom. The van der Waals surface area contributed by atoms with E-state index in [4.69, 9.17) is 5.73 Å². The molecule has 0 heterocycles. The fraction of sp³-hybridized carbons (Fsp3) is 0.125. The number of nitrogens with two attached hydrogens (primary N) is 1. The summed E-state index contributed by atoms with van der Waals surface area (Å²) in [6.45, 7) is 2.17. The third kappa shape index (κ3) is 3.22. The number of benzene rings is 2. The maximum Gasteiger partial charge on any atom is 0.0316 e. The Bertz CT molecular complexity index is 500. The zero-order valence-electron chi connectivity index (χ0n) is 10.0. The van der Waals surface area contributed by atoms with Crippen molar-refractivity contribution in [2.45, 2.75) is 12.8 Å². The van der Waals surface area contributed by atoms with Crippen LogP contribution >= 0.6 is 0 Å². The molecule has 0 spiro atoms. The summed E-state index contributed by atoms with van der Waals surface area (Å²) < 4.78 is 0. The van der Waals surface area contributed by atoms with Crippen molar-refractivity contribution in [3.8, 4) is 0 Å². The van der Waals surface area contributed by atoms with Crippen molar-refractivity contribution in [2.24, 2.45) is 0 Å². The van der Waals surface area contributed by atoms with Crippen LogP contribution in [0.5, 0.6) is 0 Å². The van der Waals surface area contributed by atoms with E-state index < -0.39 is 0 Å². The van der Waals surface area contributed by atoms with Gasteiger partial charge < -0.3 is 5.73 Å². The molecule has 0 radical (unpaired) electrons. The minimum absolute atomic E-state index is 0.374. The maximum atomic E-state index is 5.78. The number of rotatable bonds is 3. The summed E-state index contributed by atoms with van der Waals surface area (Å²) in [6, 6.07) is 18.4. The van der Waals surface area contributed by atoms with E-state index in [0.29, 0.717) is 5.92 Å². The van der Waals surface area contributed by atoms with Crippen LogP contribution in [0.1, 0.15) is 24.0 Å². The predicted octanol–water partition coefficient (Wildman–Crippen LogP) is 4.09. The third-order valence-electron chi connectivity index (χ3n) is 2.81. The van der Waals surface area contributed by atoms with Gasteiger partial charge in [0, 0.05) is 5.69 Å². The van der Waals surface area contributed by atoms with Crippen LogP contribution in [0.15, 0.2) is 60.7 Å². The molecule has 1 nitrogen and oxygen atoms in total. The lowest BCUT2D eigenvalue weighted by Crippen LogP contribution is -1.91. The van der Waals surface area contributed by atoms with Gasteiger partial charge in [-0.3, -0.25) is 0 Å². The first-order valence-electron chi connectivity index (χ1n) is 5.84. The highest BCUT2D eigenvalue weighted by Crippen LogP contribution is 2.19. The number of hydrogen-bond donors (Lipinski definition) is 1. The highest BCUT2D eigenvalue weighted by molar-refractivity contribution is 5.51. The molecule has 0 saturated heterocycles. The van der Waals surface area contributed by atoms with Crippen LogP contribution < -0.4 is 5.73 Å². The van der Waals surface area contributed by atoms with Crippen molar-refractivity contribution in [1.29, 1.82) is 0 Å². The summed E-state index contributed by atoms with van der Waals surface area (Å²) in [4.78, 5) is 0. The van der Waals surface area contributed by atoms with Crippen LogP contribution in [-0.2, 0) is 0 Å². The Kier molecular flexibility index (Phi) is 3.61. The van der Waals surface area contributed by atoms with Gasteiger partial charge in [0.2, 0.25) is 0 Å². The highest BCUT2D eigenvalue weighted by atomic mass is 14.5. The SMILES string of the molecule is C[C@@H](/C=C/c1ccccc1)c1cccc(N)c1. The second-order valence-electron chi connectivity index (χ2n) is 4.23. The van der Waals surface area contributed by atoms with Gasteiger partial charge >= 0.3 is 0 Å². The molecule has 0 fully saturated rings. The minimum atomic E-state index is 0.374. The van der Waals surface area contributed by atoms with Gasteiger partial charge in [-0.15, -0.1) is 0 Å². The van der Waals surface area contributed by atoms with E-state index in [9.17, 15) is 0 Å². The molecular weight excluding hydrogens is 206 g/mol. The molecule has 0 saturated carbocycles. The van der Waals surface area contributed by atoms with Crippen molar-refractivity contribution < 1.29 is 0 Å². The summed E-state index contributed by atoms with van der Waals surface area (Å²) in [5.41, 5.74) is 9.07. The smallest absolute Gasteiger partial charge is 0.0316 e. The molecule has 1 heteroatoms. The standard InChI is InChI=1S/C16H17N/c1-13(15-8-5-9-16(17)12-15)10-11-14-6-3-2-4-7-14/h2-13H,17H2,1H3/b11-10+/t13-/m0/s1. The fourth-order valence-corrected chi connectivity index (χ4v) is 1.77. The van der Waals surface area contributed by atoms with Crippen LogP contribution in [-0.4, -0.2) is 0 Å². The van der Waals surface area contributed by atoms with Crippen LogP contribution in [0.25, 0.3) is 6.08 Å². The molecule has 17 heavy (non-hydrogen) atoms. The van der Waals surface area contributed by atoms with Crippen LogP contribution in [0.4, 0.5) is 5.69 Å². The first kappa shape index (κ1) is 11.5. The van der Waals surface area contributed by atoms with Gasteiger partial charge in [-0.05, 0) is 29.2 Å². The van der Waals surface area contributed by atoms with Crippen molar-refractivity contribution in [3.63, 3.8) is 0 Å². The Morgan fingerprint density at radius 3 is 2.47 bits per heavy atom. The zero-order valence-corrected chi connectivity index (χ0v) is 10.0. The van der Waals surface area contributed by atoms with Crippen LogP contribution in [0, 0.1) is 0 Å². The Hall–Kier alpha value is -2.02. The highest BCUT2D eigenvalue weighted by Gasteiger charge is 2.00. The van der Waals surface area contributed by atoms with E-state index in [0.717, 1.165) is 5.69 Å². The lowest BCUT2D eigenvalue weighted by atomic mass is 9.99. The maximum absolute atomic E-state index is 5.78. The Labute approximate surface area is 103 Å². The van der Waals surface area contributed by atoms with E-state index in [1.54, 1.807) is 0 Å². The molecule has 2 aromatic carbocycles. The molecule has 86 valence electrons. The average Bonchev–Trinajstić information content (AvgIpc) is 2.37. The number of hydrogen-bond acceptors (Lipinski definition) is 1. The molecule has 2 aromatic rings. The van der Waals surface area contributed by atoms with Gasteiger partial charge in [-0.1, -0.05) is 61.5 Å². The largest absolute Gasteiger partial charge is 0.399 e. The van der Waals surface area contributed by atoms with E-state index in [2.05, 4.69) is 37.3 Å². The van der Waals surface area contributed by atoms with E-state index >= 15 is 0 Å². The number of nitrogen functional groups attached to an aromatic ring is 1. The third-order valence-corrected chi connectivity index (χ3v) is 2.81. The summed E-state index contributed by atoms with van der Waals surface area (Å²) in [5.74, 6) is 0.374. The Morgan fingerprint density at radius 1 is 1.00 bits per heavy atom.